The second-order valence-electron chi connectivity index (χ2n) is 2.63. The summed E-state index contributed by atoms with van der Waals surface area (Å²) in [6.45, 7) is 4.52. The molecule has 0 aliphatic carbocycles. The maximum atomic E-state index is 4.99. The lowest BCUT2D eigenvalue weighted by Gasteiger charge is -2.13. The summed E-state index contributed by atoms with van der Waals surface area (Å²) in [6, 6.07) is 0.577. The van der Waals surface area contributed by atoms with Crippen LogP contribution >= 0.6 is 0 Å². The van der Waals surface area contributed by atoms with Crippen molar-refractivity contribution in [3.63, 3.8) is 0 Å². The predicted octanol–water partition coefficient (Wildman–Crippen LogP) is 1.58. The van der Waals surface area contributed by atoms with E-state index in [1.54, 1.807) is 7.11 Å². The fourth-order valence-electron chi connectivity index (χ4n) is 1.01. The van der Waals surface area contributed by atoms with Crippen LogP contribution in [0.2, 0.25) is 0 Å². The van der Waals surface area contributed by atoms with E-state index in [0.29, 0.717) is 6.04 Å². The van der Waals surface area contributed by atoms with Gasteiger partial charge in [-0.3, -0.25) is 0 Å². The van der Waals surface area contributed by atoms with Crippen molar-refractivity contribution in [1.29, 1.82) is 0 Å². The van der Waals surface area contributed by atoms with Crippen molar-refractivity contribution in [1.82, 2.24) is 5.32 Å². The Morgan fingerprint density at radius 3 is 2.73 bits per heavy atom. The fraction of sp³-hybridized carbons (Fsp3) is 0.778. The van der Waals surface area contributed by atoms with E-state index in [4.69, 9.17) is 4.74 Å². The first kappa shape index (κ1) is 10.7. The number of rotatable bonds is 7. The lowest BCUT2D eigenvalue weighted by atomic mass is 10.1. The van der Waals surface area contributed by atoms with Gasteiger partial charge in [0.1, 0.15) is 0 Å². The van der Waals surface area contributed by atoms with Crippen molar-refractivity contribution in [2.45, 2.75) is 25.3 Å². The van der Waals surface area contributed by atoms with Crippen LogP contribution in [0.15, 0.2) is 12.7 Å². The molecule has 0 amide bonds. The van der Waals surface area contributed by atoms with E-state index in [0.717, 1.165) is 25.9 Å². The van der Waals surface area contributed by atoms with Gasteiger partial charge in [-0.15, -0.1) is 6.58 Å². The Kier molecular flexibility index (Phi) is 7.52. The Labute approximate surface area is 69.6 Å². The summed E-state index contributed by atoms with van der Waals surface area (Å²) < 4.78 is 4.99. The maximum absolute atomic E-state index is 4.99. The van der Waals surface area contributed by atoms with E-state index in [9.17, 15) is 0 Å². The van der Waals surface area contributed by atoms with Crippen LogP contribution in [-0.2, 0) is 4.74 Å². The number of hydrogen-bond acceptors (Lipinski definition) is 2. The third kappa shape index (κ3) is 6.07. The predicted molar refractivity (Wildman–Crippen MR) is 48.8 cm³/mol. The molecule has 66 valence electrons. The van der Waals surface area contributed by atoms with E-state index in [1.807, 2.05) is 13.1 Å². The van der Waals surface area contributed by atoms with Crippen molar-refractivity contribution < 1.29 is 4.74 Å². The van der Waals surface area contributed by atoms with Crippen LogP contribution in [0.5, 0.6) is 0 Å². The minimum absolute atomic E-state index is 0.577. The number of nitrogens with one attached hydrogen (secondary N) is 1. The summed E-state index contributed by atoms with van der Waals surface area (Å²) in [6.07, 6.45) is 5.27. The zero-order chi connectivity index (χ0) is 8.53. The third-order valence-electron chi connectivity index (χ3n) is 1.80. The number of allylic oxidation sites excluding steroid dienone is 1. The van der Waals surface area contributed by atoms with Gasteiger partial charge in [-0.25, -0.2) is 0 Å². The van der Waals surface area contributed by atoms with Gasteiger partial charge in [-0.05, 0) is 26.3 Å². The average Bonchev–Trinajstić information content (AvgIpc) is 2.05. The molecule has 0 aromatic rings. The lowest BCUT2D eigenvalue weighted by molar-refractivity contribution is 0.182. The topological polar surface area (TPSA) is 21.3 Å². The molecule has 0 rings (SSSR count). The summed E-state index contributed by atoms with van der Waals surface area (Å²) in [5, 5.41) is 3.24. The molecular weight excluding hydrogens is 138 g/mol. The molecule has 0 aliphatic rings. The molecule has 0 aromatic carbocycles. The van der Waals surface area contributed by atoms with Gasteiger partial charge in [-0.1, -0.05) is 6.08 Å². The van der Waals surface area contributed by atoms with E-state index in [2.05, 4.69) is 11.9 Å². The normalized spacial score (nSPS) is 12.9. The Bertz CT molecular complexity index is 93.6. The summed E-state index contributed by atoms with van der Waals surface area (Å²) in [7, 11) is 3.73. The van der Waals surface area contributed by atoms with E-state index in [1.165, 1.54) is 0 Å². The highest BCUT2D eigenvalue weighted by Crippen LogP contribution is 2.01. The molecule has 0 saturated carbocycles. The van der Waals surface area contributed by atoms with Crippen molar-refractivity contribution in [2.75, 3.05) is 20.8 Å². The fourth-order valence-corrected chi connectivity index (χ4v) is 1.01. The van der Waals surface area contributed by atoms with Gasteiger partial charge in [-0.2, -0.15) is 0 Å². The standard InChI is InChI=1S/C9H19NO/c1-4-5-6-9(10-2)7-8-11-3/h4,9-10H,1,5-8H2,2-3H3. The van der Waals surface area contributed by atoms with Crippen LogP contribution in [0.25, 0.3) is 0 Å². The zero-order valence-corrected chi connectivity index (χ0v) is 7.60. The molecule has 1 atom stereocenters. The number of hydrogen-bond donors (Lipinski definition) is 1. The minimum Gasteiger partial charge on any atom is -0.385 e. The SMILES string of the molecule is C=CCCC(CCOC)NC. The minimum atomic E-state index is 0.577. The van der Waals surface area contributed by atoms with Crippen molar-refractivity contribution in [2.24, 2.45) is 0 Å². The molecular formula is C9H19NO. The lowest BCUT2D eigenvalue weighted by Crippen LogP contribution is -2.26. The molecule has 0 bridgehead atoms. The Balaban J connectivity index is 3.32. The monoisotopic (exact) mass is 157 g/mol. The van der Waals surface area contributed by atoms with Crippen molar-refractivity contribution in [3.05, 3.63) is 12.7 Å². The maximum Gasteiger partial charge on any atom is 0.0477 e. The molecule has 0 fully saturated rings. The Hall–Kier alpha value is -0.340. The van der Waals surface area contributed by atoms with Crippen LogP contribution < -0.4 is 5.32 Å². The van der Waals surface area contributed by atoms with Crippen LogP contribution in [0.3, 0.4) is 0 Å². The zero-order valence-electron chi connectivity index (χ0n) is 7.60. The highest BCUT2D eigenvalue weighted by molar-refractivity contribution is 4.72. The summed E-state index contributed by atoms with van der Waals surface area (Å²) in [5.74, 6) is 0. The first-order chi connectivity index (χ1) is 5.35. The second-order valence-corrected chi connectivity index (χ2v) is 2.63. The molecule has 0 heterocycles. The first-order valence-electron chi connectivity index (χ1n) is 4.12. The van der Waals surface area contributed by atoms with Crippen LogP contribution in [0, 0.1) is 0 Å². The molecule has 11 heavy (non-hydrogen) atoms. The summed E-state index contributed by atoms with van der Waals surface area (Å²) >= 11 is 0. The highest BCUT2D eigenvalue weighted by Gasteiger charge is 2.02. The Morgan fingerprint density at radius 1 is 1.55 bits per heavy atom. The molecule has 2 heteroatoms. The highest BCUT2D eigenvalue weighted by atomic mass is 16.5. The molecule has 0 aromatic heterocycles. The van der Waals surface area contributed by atoms with Crippen LogP contribution in [0.1, 0.15) is 19.3 Å². The molecule has 2 nitrogen and oxygen atoms in total. The molecule has 0 spiro atoms. The second kappa shape index (κ2) is 7.76. The summed E-state index contributed by atoms with van der Waals surface area (Å²) in [5.41, 5.74) is 0. The van der Waals surface area contributed by atoms with Gasteiger partial charge >= 0.3 is 0 Å². The Morgan fingerprint density at radius 2 is 2.27 bits per heavy atom. The first-order valence-corrected chi connectivity index (χ1v) is 4.12. The average molecular weight is 157 g/mol. The molecule has 0 saturated heterocycles. The smallest absolute Gasteiger partial charge is 0.0477 e. The molecule has 1 N–H and O–H groups in total. The van der Waals surface area contributed by atoms with Crippen LogP contribution in [0.4, 0.5) is 0 Å². The van der Waals surface area contributed by atoms with Gasteiger partial charge < -0.3 is 10.1 Å². The van der Waals surface area contributed by atoms with Crippen LogP contribution in [-0.4, -0.2) is 26.8 Å². The molecule has 1 unspecified atom stereocenters. The van der Waals surface area contributed by atoms with Gasteiger partial charge in [0.25, 0.3) is 0 Å². The van der Waals surface area contributed by atoms with Gasteiger partial charge in [0.05, 0.1) is 0 Å². The molecule has 0 radical (unpaired) electrons. The largest absolute Gasteiger partial charge is 0.385 e. The van der Waals surface area contributed by atoms with Gasteiger partial charge in [0.2, 0.25) is 0 Å². The van der Waals surface area contributed by atoms with E-state index in [-0.39, 0.29) is 0 Å². The number of methoxy groups -OCH3 is 1. The van der Waals surface area contributed by atoms with Gasteiger partial charge in [0, 0.05) is 19.8 Å². The van der Waals surface area contributed by atoms with Crippen molar-refractivity contribution >= 4 is 0 Å². The molecule has 0 aliphatic heterocycles. The van der Waals surface area contributed by atoms with E-state index < -0.39 is 0 Å². The van der Waals surface area contributed by atoms with E-state index >= 15 is 0 Å². The van der Waals surface area contributed by atoms with Gasteiger partial charge in [0.15, 0.2) is 0 Å². The third-order valence-corrected chi connectivity index (χ3v) is 1.80. The number of ether oxygens (including phenoxy) is 1. The quantitative estimate of drug-likeness (QED) is 0.566. The summed E-state index contributed by atoms with van der Waals surface area (Å²) in [4.78, 5) is 0. The van der Waals surface area contributed by atoms with Crippen molar-refractivity contribution in [3.8, 4) is 0 Å².